The number of aromatic nitrogens is 2. The number of carboxylic acids is 1. The van der Waals surface area contributed by atoms with Crippen LogP contribution in [0.5, 0.6) is 0 Å². The molecule has 1 aromatic carbocycles. The molecule has 1 N–H and O–H groups in total. The van der Waals surface area contributed by atoms with Crippen molar-refractivity contribution in [2.24, 2.45) is 7.05 Å². The lowest BCUT2D eigenvalue weighted by Crippen LogP contribution is -1.98. The molecule has 1 heterocycles. The average molecular weight is 259 g/mol. The Morgan fingerprint density at radius 3 is 2.75 bits per heavy atom. The molecule has 6 heteroatoms. The van der Waals surface area contributed by atoms with E-state index in [4.69, 9.17) is 28.3 Å². The van der Waals surface area contributed by atoms with Crippen molar-refractivity contribution in [3.05, 3.63) is 29.6 Å². The number of carbonyl (C=O) groups is 1. The molecule has 0 spiro atoms. The van der Waals surface area contributed by atoms with Crippen molar-refractivity contribution in [3.8, 4) is 0 Å². The predicted molar refractivity (Wildman–Crippen MR) is 62.1 cm³/mol. The fourth-order valence-electron chi connectivity index (χ4n) is 1.54. The Kier molecular flexibility index (Phi) is 2.78. The summed E-state index contributed by atoms with van der Waals surface area (Å²) < 4.78 is 1.69. The smallest absolute Gasteiger partial charge is 0.335 e. The summed E-state index contributed by atoms with van der Waals surface area (Å²) in [5.74, 6) is -0.473. The van der Waals surface area contributed by atoms with Crippen molar-refractivity contribution in [2.75, 3.05) is 0 Å². The summed E-state index contributed by atoms with van der Waals surface area (Å²) in [5.41, 5.74) is 1.58. The molecule has 1 aromatic heterocycles. The van der Waals surface area contributed by atoms with Crippen molar-refractivity contribution < 1.29 is 9.90 Å². The summed E-state index contributed by atoms with van der Waals surface area (Å²) in [6.45, 7) is 0. The van der Waals surface area contributed by atoms with Crippen LogP contribution in [0.25, 0.3) is 11.0 Å². The Balaban J connectivity index is 2.69. The molecule has 0 amide bonds. The van der Waals surface area contributed by atoms with E-state index in [1.807, 2.05) is 0 Å². The summed E-state index contributed by atoms with van der Waals surface area (Å²) in [5, 5.41) is 8.87. The third kappa shape index (κ3) is 1.74. The molecule has 2 aromatic rings. The van der Waals surface area contributed by atoms with Gasteiger partial charge in [0.1, 0.15) is 5.82 Å². The number of carboxylic acid groups (broad SMARTS) is 1. The minimum absolute atomic E-state index is 0.211. The molecule has 84 valence electrons. The maximum absolute atomic E-state index is 10.8. The van der Waals surface area contributed by atoms with Gasteiger partial charge in [-0.05, 0) is 18.2 Å². The third-order valence-corrected chi connectivity index (χ3v) is 2.75. The van der Waals surface area contributed by atoms with Gasteiger partial charge >= 0.3 is 5.97 Å². The van der Waals surface area contributed by atoms with Gasteiger partial charge in [-0.1, -0.05) is 23.2 Å². The maximum Gasteiger partial charge on any atom is 0.335 e. The Bertz CT molecular complexity index is 563. The summed E-state index contributed by atoms with van der Waals surface area (Å²) >= 11 is 11.5. The number of aryl methyl sites for hydroxylation is 1. The second-order valence-corrected chi connectivity index (χ2v) is 4.43. The largest absolute Gasteiger partial charge is 0.478 e. The van der Waals surface area contributed by atoms with Crippen molar-refractivity contribution in [1.29, 1.82) is 0 Å². The van der Waals surface area contributed by atoms with Gasteiger partial charge in [-0.2, -0.15) is 0 Å². The Morgan fingerprint density at radius 1 is 1.50 bits per heavy atom. The lowest BCUT2D eigenvalue weighted by Gasteiger charge is -2.01. The van der Waals surface area contributed by atoms with Crippen LogP contribution < -0.4 is 0 Å². The molecule has 4 nitrogen and oxygen atoms in total. The Morgan fingerprint density at radius 2 is 2.19 bits per heavy atom. The van der Waals surface area contributed by atoms with Gasteiger partial charge in [0, 0.05) is 7.05 Å². The molecular weight excluding hydrogens is 251 g/mol. The normalized spacial score (nSPS) is 11.2. The quantitative estimate of drug-likeness (QED) is 0.843. The predicted octanol–water partition coefficient (Wildman–Crippen LogP) is 2.75. The number of benzene rings is 1. The first-order valence-electron chi connectivity index (χ1n) is 4.48. The first-order valence-corrected chi connectivity index (χ1v) is 5.36. The van der Waals surface area contributed by atoms with Gasteiger partial charge in [-0.25, -0.2) is 9.78 Å². The number of hydrogen-bond donors (Lipinski definition) is 1. The molecule has 16 heavy (non-hydrogen) atoms. The summed E-state index contributed by atoms with van der Waals surface area (Å²) in [6, 6.07) is 4.68. The number of aromatic carboxylic acids is 1. The molecule has 0 saturated carbocycles. The van der Waals surface area contributed by atoms with Crippen LogP contribution in [0.4, 0.5) is 0 Å². The standard InChI is InChI=1S/C10H8Cl2N2O2/c1-14-7-4-5(10(15)16)2-3-6(7)13-9(14)8(11)12/h2-4,8H,1H3,(H,15,16). The Labute approximate surface area is 101 Å². The van der Waals surface area contributed by atoms with Gasteiger partial charge in [0.25, 0.3) is 0 Å². The maximum atomic E-state index is 10.8. The van der Waals surface area contributed by atoms with E-state index in [-0.39, 0.29) is 5.56 Å². The van der Waals surface area contributed by atoms with Crippen LogP contribution in [0, 0.1) is 0 Å². The van der Waals surface area contributed by atoms with Crippen molar-refractivity contribution in [1.82, 2.24) is 9.55 Å². The van der Waals surface area contributed by atoms with E-state index in [1.54, 1.807) is 23.7 Å². The van der Waals surface area contributed by atoms with Gasteiger partial charge in [0.15, 0.2) is 4.84 Å². The van der Waals surface area contributed by atoms with E-state index in [1.165, 1.54) is 6.07 Å². The van der Waals surface area contributed by atoms with Crippen LogP contribution in [0.2, 0.25) is 0 Å². The van der Waals surface area contributed by atoms with E-state index in [9.17, 15) is 4.79 Å². The topological polar surface area (TPSA) is 55.1 Å². The molecule has 0 aliphatic heterocycles. The number of fused-ring (bicyclic) bond motifs is 1. The van der Waals surface area contributed by atoms with Crippen molar-refractivity contribution >= 4 is 40.2 Å². The van der Waals surface area contributed by atoms with Crippen molar-refractivity contribution in [3.63, 3.8) is 0 Å². The van der Waals surface area contributed by atoms with E-state index >= 15 is 0 Å². The molecule has 0 fully saturated rings. The van der Waals surface area contributed by atoms with Gasteiger partial charge in [0.05, 0.1) is 16.6 Å². The van der Waals surface area contributed by atoms with E-state index in [0.29, 0.717) is 16.9 Å². The fourth-order valence-corrected chi connectivity index (χ4v) is 1.93. The summed E-state index contributed by atoms with van der Waals surface area (Å²) in [7, 11) is 1.74. The molecule has 2 rings (SSSR count). The third-order valence-electron chi connectivity index (χ3n) is 2.36. The second kappa shape index (κ2) is 3.96. The first kappa shape index (κ1) is 11.2. The number of alkyl halides is 2. The first-order chi connectivity index (χ1) is 7.50. The van der Waals surface area contributed by atoms with Crippen molar-refractivity contribution in [2.45, 2.75) is 4.84 Å². The number of halogens is 2. The number of hydrogen-bond acceptors (Lipinski definition) is 2. The minimum Gasteiger partial charge on any atom is -0.478 e. The number of imidazole rings is 1. The highest BCUT2D eigenvalue weighted by Gasteiger charge is 2.15. The molecule has 0 saturated heterocycles. The van der Waals surface area contributed by atoms with Crippen LogP contribution in [0.1, 0.15) is 21.0 Å². The molecule has 0 aliphatic rings. The van der Waals surface area contributed by atoms with E-state index in [0.717, 1.165) is 0 Å². The molecule has 0 aliphatic carbocycles. The highest BCUT2D eigenvalue weighted by molar-refractivity contribution is 6.43. The Hall–Kier alpha value is -1.26. The zero-order valence-electron chi connectivity index (χ0n) is 8.32. The zero-order chi connectivity index (χ0) is 11.9. The van der Waals surface area contributed by atoms with Gasteiger partial charge in [0.2, 0.25) is 0 Å². The molecule has 0 unspecified atom stereocenters. The summed E-state index contributed by atoms with van der Waals surface area (Å²) in [6.07, 6.45) is 0. The number of rotatable bonds is 2. The SMILES string of the molecule is Cn1c(C(Cl)Cl)nc2ccc(C(=O)O)cc21. The van der Waals surface area contributed by atoms with Gasteiger partial charge in [-0.3, -0.25) is 0 Å². The fraction of sp³-hybridized carbons (Fsp3) is 0.200. The van der Waals surface area contributed by atoms with E-state index in [2.05, 4.69) is 4.98 Å². The molecular formula is C10H8Cl2N2O2. The van der Waals surface area contributed by atoms with Crippen LogP contribution in [-0.4, -0.2) is 20.6 Å². The van der Waals surface area contributed by atoms with E-state index < -0.39 is 10.8 Å². The lowest BCUT2D eigenvalue weighted by atomic mass is 10.2. The highest BCUT2D eigenvalue weighted by Crippen LogP contribution is 2.27. The van der Waals surface area contributed by atoms with Crippen LogP contribution >= 0.6 is 23.2 Å². The minimum atomic E-state index is -0.974. The molecule has 0 bridgehead atoms. The average Bonchev–Trinajstić information content (AvgIpc) is 2.56. The summed E-state index contributed by atoms with van der Waals surface area (Å²) in [4.78, 5) is 14.3. The van der Waals surface area contributed by atoms with Crippen LogP contribution in [0.15, 0.2) is 18.2 Å². The second-order valence-electron chi connectivity index (χ2n) is 3.34. The number of nitrogens with zero attached hydrogens (tertiary/aromatic N) is 2. The zero-order valence-corrected chi connectivity index (χ0v) is 9.83. The highest BCUT2D eigenvalue weighted by atomic mass is 35.5. The lowest BCUT2D eigenvalue weighted by molar-refractivity contribution is 0.0697. The van der Waals surface area contributed by atoms with Crippen LogP contribution in [0.3, 0.4) is 0 Å². The molecule has 0 atom stereocenters. The molecule has 0 radical (unpaired) electrons. The monoisotopic (exact) mass is 258 g/mol. The van der Waals surface area contributed by atoms with Gasteiger partial charge < -0.3 is 9.67 Å². The van der Waals surface area contributed by atoms with Gasteiger partial charge in [-0.15, -0.1) is 0 Å². The van der Waals surface area contributed by atoms with Crippen LogP contribution in [-0.2, 0) is 7.05 Å².